The molecule has 1 aromatic rings. The first-order valence-corrected chi connectivity index (χ1v) is 7.62. The summed E-state index contributed by atoms with van der Waals surface area (Å²) in [7, 11) is 0. The van der Waals surface area contributed by atoms with E-state index < -0.39 is 18.0 Å². The zero-order valence-electron chi connectivity index (χ0n) is 13.5. The topological polar surface area (TPSA) is 58.4 Å². The molecule has 1 amide bonds. The lowest BCUT2D eigenvalue weighted by atomic mass is 9.92. The molecule has 8 heteroatoms. The lowest BCUT2D eigenvalue weighted by Crippen LogP contribution is -2.44. The van der Waals surface area contributed by atoms with Crippen LogP contribution in [0.5, 0.6) is 0 Å². The fourth-order valence-corrected chi connectivity index (χ4v) is 2.53. The Balaban J connectivity index is 1.88. The molecule has 0 saturated carbocycles. The molecule has 0 aliphatic carbocycles. The summed E-state index contributed by atoms with van der Waals surface area (Å²) in [6.07, 6.45) is -3.64. The molecule has 1 saturated heterocycles. The Morgan fingerprint density at radius 2 is 2.13 bits per heavy atom. The van der Waals surface area contributed by atoms with Gasteiger partial charge >= 0.3 is 6.18 Å². The van der Waals surface area contributed by atoms with Gasteiger partial charge in [0.1, 0.15) is 0 Å². The van der Waals surface area contributed by atoms with Crippen LogP contribution in [0.1, 0.15) is 39.3 Å². The van der Waals surface area contributed by atoms with Gasteiger partial charge in [-0.3, -0.25) is 15.0 Å². The largest absolute Gasteiger partial charge is 0.393 e. The molecule has 0 spiro atoms. The van der Waals surface area contributed by atoms with Crippen LogP contribution < -0.4 is 5.32 Å². The molecule has 0 bridgehead atoms. The highest BCUT2D eigenvalue weighted by molar-refractivity contribution is 5.91. The highest BCUT2D eigenvalue weighted by Crippen LogP contribution is 2.33. The van der Waals surface area contributed by atoms with Crippen LogP contribution in [-0.2, 0) is 10.2 Å². The molecule has 0 aromatic carbocycles. The van der Waals surface area contributed by atoms with E-state index in [0.717, 1.165) is 0 Å². The van der Waals surface area contributed by atoms with Gasteiger partial charge in [-0.25, -0.2) is 0 Å². The summed E-state index contributed by atoms with van der Waals surface area (Å²) in [4.78, 5) is 13.5. The van der Waals surface area contributed by atoms with Gasteiger partial charge in [0.05, 0.1) is 18.2 Å². The third-order valence-electron chi connectivity index (χ3n) is 3.88. The van der Waals surface area contributed by atoms with E-state index in [1.165, 1.54) is 4.90 Å². The first-order chi connectivity index (χ1) is 10.6. The van der Waals surface area contributed by atoms with Gasteiger partial charge in [0.2, 0.25) is 11.8 Å². The minimum Gasteiger partial charge on any atom is -0.338 e. The number of likely N-dealkylation sites (tertiary alicyclic amines) is 1. The van der Waals surface area contributed by atoms with Gasteiger partial charge in [0.15, 0.2) is 0 Å². The van der Waals surface area contributed by atoms with Crippen LogP contribution in [0.2, 0.25) is 0 Å². The number of nitrogens with zero attached hydrogens (tertiary/aromatic N) is 2. The molecule has 1 aromatic heterocycles. The maximum absolute atomic E-state index is 12.8. The van der Waals surface area contributed by atoms with Crippen molar-refractivity contribution in [2.75, 3.05) is 25.0 Å². The molecule has 5 nitrogen and oxygen atoms in total. The Bertz CT molecular complexity index is 549. The number of anilines is 1. The number of piperidine rings is 1. The second-order valence-corrected chi connectivity index (χ2v) is 6.99. The van der Waals surface area contributed by atoms with Crippen molar-refractivity contribution in [3.8, 4) is 0 Å². The minimum atomic E-state index is -4.21. The quantitative estimate of drug-likeness (QED) is 0.923. The lowest BCUT2D eigenvalue weighted by Gasteiger charge is -2.33. The van der Waals surface area contributed by atoms with Crippen molar-refractivity contribution in [1.82, 2.24) is 10.1 Å². The zero-order chi connectivity index (χ0) is 17.3. The third-order valence-corrected chi connectivity index (χ3v) is 3.88. The summed E-state index contributed by atoms with van der Waals surface area (Å²) >= 11 is 0. The molecule has 1 fully saturated rings. The Kier molecular flexibility index (Phi) is 5.03. The fourth-order valence-electron chi connectivity index (χ4n) is 2.53. The highest BCUT2D eigenvalue weighted by atomic mass is 19.4. The van der Waals surface area contributed by atoms with Gasteiger partial charge in [-0.15, -0.1) is 0 Å². The van der Waals surface area contributed by atoms with E-state index in [-0.39, 0.29) is 30.8 Å². The van der Waals surface area contributed by atoms with Crippen molar-refractivity contribution in [3.05, 3.63) is 11.8 Å². The van der Waals surface area contributed by atoms with Crippen LogP contribution >= 0.6 is 0 Å². The fraction of sp³-hybridized carbons (Fsp3) is 0.733. The van der Waals surface area contributed by atoms with Gasteiger partial charge in [0.25, 0.3) is 0 Å². The van der Waals surface area contributed by atoms with E-state index in [9.17, 15) is 18.0 Å². The van der Waals surface area contributed by atoms with Crippen LogP contribution in [0.15, 0.2) is 10.6 Å². The highest BCUT2D eigenvalue weighted by Gasteiger charge is 2.41. The van der Waals surface area contributed by atoms with Crippen LogP contribution in [0.3, 0.4) is 0 Å². The van der Waals surface area contributed by atoms with Gasteiger partial charge in [-0.1, -0.05) is 25.9 Å². The summed E-state index contributed by atoms with van der Waals surface area (Å²) in [5.74, 6) is -1.55. The standard InChI is InChI=1S/C15H22F3N3O2/c1-14(2,3)11-7-13(23-20-11)19-12(22)9-21-6-4-5-10(8-21)15(16,17)18/h7,10H,4-6,8-9H2,1-3H3,(H,19,22). The summed E-state index contributed by atoms with van der Waals surface area (Å²) in [6, 6.07) is 1.63. The van der Waals surface area contributed by atoms with Crippen molar-refractivity contribution in [1.29, 1.82) is 0 Å². The van der Waals surface area contributed by atoms with E-state index in [0.29, 0.717) is 18.7 Å². The molecular formula is C15H22F3N3O2. The Morgan fingerprint density at radius 1 is 1.43 bits per heavy atom. The average Bonchev–Trinajstić information content (AvgIpc) is 2.86. The van der Waals surface area contributed by atoms with Gasteiger partial charge < -0.3 is 4.52 Å². The first kappa shape index (κ1) is 17.8. The van der Waals surface area contributed by atoms with Gasteiger partial charge in [-0.05, 0) is 19.4 Å². The molecule has 0 radical (unpaired) electrons. The molecule has 2 heterocycles. The summed E-state index contributed by atoms with van der Waals surface area (Å²) < 4.78 is 43.3. The van der Waals surface area contributed by atoms with E-state index in [4.69, 9.17) is 4.52 Å². The number of carbonyl (C=O) groups is 1. The number of amides is 1. The van der Waals surface area contributed by atoms with Crippen LogP contribution in [-0.4, -0.2) is 41.8 Å². The number of halogens is 3. The molecule has 130 valence electrons. The third kappa shape index (κ3) is 4.95. The molecule has 1 aliphatic heterocycles. The molecular weight excluding hydrogens is 311 g/mol. The second-order valence-electron chi connectivity index (χ2n) is 6.99. The number of aromatic nitrogens is 1. The van der Waals surface area contributed by atoms with Crippen molar-refractivity contribution >= 4 is 11.8 Å². The lowest BCUT2D eigenvalue weighted by molar-refractivity contribution is -0.186. The Morgan fingerprint density at radius 3 is 2.70 bits per heavy atom. The number of nitrogens with one attached hydrogen (secondary N) is 1. The van der Waals surface area contributed by atoms with Crippen LogP contribution in [0.25, 0.3) is 0 Å². The monoisotopic (exact) mass is 333 g/mol. The maximum Gasteiger partial charge on any atom is 0.393 e. The van der Waals surface area contributed by atoms with Crippen LogP contribution in [0.4, 0.5) is 19.1 Å². The smallest absolute Gasteiger partial charge is 0.338 e. The molecule has 23 heavy (non-hydrogen) atoms. The van der Waals surface area contributed by atoms with E-state index in [1.54, 1.807) is 6.07 Å². The minimum absolute atomic E-state index is 0.0852. The second kappa shape index (κ2) is 6.51. The van der Waals surface area contributed by atoms with E-state index in [2.05, 4.69) is 10.5 Å². The first-order valence-electron chi connectivity index (χ1n) is 7.62. The molecule has 1 aliphatic rings. The number of hydrogen-bond donors (Lipinski definition) is 1. The predicted molar refractivity (Wildman–Crippen MR) is 79.1 cm³/mol. The van der Waals surface area contributed by atoms with Gasteiger partial charge in [0, 0.05) is 18.0 Å². The molecule has 1 unspecified atom stereocenters. The summed E-state index contributed by atoms with van der Waals surface area (Å²) in [6.45, 7) is 6.15. The molecule has 1 atom stereocenters. The van der Waals surface area contributed by atoms with Crippen molar-refractivity contribution in [3.63, 3.8) is 0 Å². The van der Waals surface area contributed by atoms with E-state index >= 15 is 0 Å². The van der Waals surface area contributed by atoms with Crippen molar-refractivity contribution < 1.29 is 22.5 Å². The normalized spacial score (nSPS) is 20.5. The van der Waals surface area contributed by atoms with Crippen molar-refractivity contribution in [2.24, 2.45) is 5.92 Å². The molecule has 1 N–H and O–H groups in total. The average molecular weight is 333 g/mol. The van der Waals surface area contributed by atoms with Crippen molar-refractivity contribution in [2.45, 2.75) is 45.2 Å². The summed E-state index contributed by atoms with van der Waals surface area (Å²) in [5, 5.41) is 6.42. The number of rotatable bonds is 3. The maximum atomic E-state index is 12.8. The SMILES string of the molecule is CC(C)(C)c1cc(NC(=O)CN2CCCC(C(F)(F)F)C2)on1. The van der Waals surface area contributed by atoms with Gasteiger partial charge in [-0.2, -0.15) is 13.2 Å². The zero-order valence-corrected chi connectivity index (χ0v) is 13.5. The van der Waals surface area contributed by atoms with Crippen LogP contribution in [0, 0.1) is 5.92 Å². The Labute approximate surface area is 133 Å². The molecule has 2 rings (SSSR count). The summed E-state index contributed by atoms with van der Waals surface area (Å²) in [5.41, 5.74) is 0.488. The predicted octanol–water partition coefficient (Wildman–Crippen LogP) is 3.18. The van der Waals surface area contributed by atoms with E-state index in [1.807, 2.05) is 20.8 Å². The number of alkyl halides is 3. The Hall–Kier alpha value is -1.57. The number of carbonyl (C=O) groups excluding carboxylic acids is 1. The number of hydrogen-bond acceptors (Lipinski definition) is 4.